The lowest BCUT2D eigenvalue weighted by atomic mass is 10.1. The van der Waals surface area contributed by atoms with Crippen LogP contribution in [-0.4, -0.2) is 28.8 Å². The van der Waals surface area contributed by atoms with Gasteiger partial charge in [0.05, 0.1) is 4.92 Å². The van der Waals surface area contributed by atoms with Crippen LogP contribution >= 0.6 is 0 Å². The van der Waals surface area contributed by atoms with Crippen LogP contribution in [0.25, 0.3) is 0 Å². The number of amides is 1. The number of nitrogens with two attached hydrogens (primary N) is 1. The SMILES string of the molecule is CCN(CC(C)C)C(=O)c1ccc([N+](=O)[O-])c(N)c1. The van der Waals surface area contributed by atoms with E-state index in [4.69, 9.17) is 5.73 Å². The van der Waals surface area contributed by atoms with E-state index in [0.29, 0.717) is 24.6 Å². The third-order valence-electron chi connectivity index (χ3n) is 2.73. The largest absolute Gasteiger partial charge is 0.393 e. The molecule has 1 aromatic rings. The fourth-order valence-corrected chi connectivity index (χ4v) is 1.83. The summed E-state index contributed by atoms with van der Waals surface area (Å²) in [5.74, 6) is 0.206. The van der Waals surface area contributed by atoms with Crippen LogP contribution in [0, 0.1) is 16.0 Å². The highest BCUT2D eigenvalue weighted by Crippen LogP contribution is 2.22. The maximum Gasteiger partial charge on any atom is 0.292 e. The van der Waals surface area contributed by atoms with Crippen LogP contribution in [0.1, 0.15) is 31.1 Å². The van der Waals surface area contributed by atoms with Crippen molar-refractivity contribution >= 4 is 17.3 Å². The Morgan fingerprint density at radius 2 is 2.11 bits per heavy atom. The maximum absolute atomic E-state index is 12.2. The van der Waals surface area contributed by atoms with Crippen molar-refractivity contribution in [3.63, 3.8) is 0 Å². The van der Waals surface area contributed by atoms with Crippen LogP contribution < -0.4 is 5.73 Å². The zero-order valence-electron chi connectivity index (χ0n) is 11.4. The summed E-state index contributed by atoms with van der Waals surface area (Å²) in [6.45, 7) is 7.19. The third kappa shape index (κ3) is 3.67. The fourth-order valence-electron chi connectivity index (χ4n) is 1.83. The molecule has 104 valence electrons. The van der Waals surface area contributed by atoms with E-state index in [1.165, 1.54) is 18.2 Å². The van der Waals surface area contributed by atoms with Crippen molar-refractivity contribution in [2.45, 2.75) is 20.8 Å². The Labute approximate surface area is 112 Å². The van der Waals surface area contributed by atoms with Gasteiger partial charge in [-0.3, -0.25) is 14.9 Å². The number of nitro groups is 1. The van der Waals surface area contributed by atoms with Crippen molar-refractivity contribution < 1.29 is 9.72 Å². The molecule has 0 aliphatic carbocycles. The van der Waals surface area contributed by atoms with Crippen molar-refractivity contribution in [1.29, 1.82) is 0 Å². The van der Waals surface area contributed by atoms with Gasteiger partial charge in [0.15, 0.2) is 0 Å². The predicted molar refractivity (Wildman–Crippen MR) is 73.9 cm³/mol. The molecular weight excluding hydrogens is 246 g/mol. The lowest BCUT2D eigenvalue weighted by molar-refractivity contribution is -0.383. The molecule has 1 amide bonds. The van der Waals surface area contributed by atoms with Crippen molar-refractivity contribution in [1.82, 2.24) is 4.90 Å². The lowest BCUT2D eigenvalue weighted by Gasteiger charge is -2.23. The van der Waals surface area contributed by atoms with Crippen LogP contribution in [0.5, 0.6) is 0 Å². The van der Waals surface area contributed by atoms with Gasteiger partial charge in [-0.1, -0.05) is 13.8 Å². The summed E-state index contributed by atoms with van der Waals surface area (Å²) in [4.78, 5) is 24.1. The number of nitrogens with zero attached hydrogens (tertiary/aromatic N) is 2. The molecule has 0 aromatic heterocycles. The van der Waals surface area contributed by atoms with Gasteiger partial charge < -0.3 is 10.6 Å². The Kier molecular flexibility index (Phi) is 4.86. The molecule has 0 heterocycles. The molecule has 6 heteroatoms. The van der Waals surface area contributed by atoms with Crippen LogP contribution in [0.2, 0.25) is 0 Å². The molecule has 0 bridgehead atoms. The monoisotopic (exact) mass is 265 g/mol. The molecule has 2 N–H and O–H groups in total. The number of nitrogen functional groups attached to an aromatic ring is 1. The summed E-state index contributed by atoms with van der Waals surface area (Å²) in [5.41, 5.74) is 5.80. The molecule has 0 saturated heterocycles. The number of hydrogen-bond donors (Lipinski definition) is 1. The highest BCUT2D eigenvalue weighted by atomic mass is 16.6. The maximum atomic E-state index is 12.2. The van der Waals surface area contributed by atoms with Gasteiger partial charge in [0.1, 0.15) is 5.69 Å². The van der Waals surface area contributed by atoms with E-state index in [0.717, 1.165) is 0 Å². The molecule has 0 aliphatic rings. The van der Waals surface area contributed by atoms with Crippen LogP contribution in [-0.2, 0) is 0 Å². The molecule has 0 unspecified atom stereocenters. The molecule has 0 radical (unpaired) electrons. The first-order valence-corrected chi connectivity index (χ1v) is 6.20. The van der Waals surface area contributed by atoms with Crippen molar-refractivity contribution in [2.75, 3.05) is 18.8 Å². The topological polar surface area (TPSA) is 89.5 Å². The number of carbonyl (C=O) groups excluding carboxylic acids is 1. The minimum absolute atomic E-state index is 0.0106. The summed E-state index contributed by atoms with van der Waals surface area (Å²) in [6, 6.07) is 4.08. The first-order chi connectivity index (χ1) is 8.86. The van der Waals surface area contributed by atoms with Gasteiger partial charge in [-0.15, -0.1) is 0 Å². The minimum atomic E-state index is -0.560. The van der Waals surface area contributed by atoms with E-state index < -0.39 is 4.92 Å². The lowest BCUT2D eigenvalue weighted by Crippen LogP contribution is -2.34. The molecule has 0 fully saturated rings. The van der Waals surface area contributed by atoms with E-state index in [1.54, 1.807) is 4.90 Å². The summed E-state index contributed by atoms with van der Waals surface area (Å²) < 4.78 is 0. The molecule has 0 atom stereocenters. The number of nitro benzene ring substituents is 1. The van der Waals surface area contributed by atoms with Gasteiger partial charge in [0.2, 0.25) is 0 Å². The van der Waals surface area contributed by atoms with Crippen molar-refractivity contribution in [2.24, 2.45) is 5.92 Å². The van der Waals surface area contributed by atoms with E-state index in [-0.39, 0.29) is 17.3 Å². The molecule has 0 spiro atoms. The molecule has 0 saturated carbocycles. The number of anilines is 1. The van der Waals surface area contributed by atoms with Gasteiger partial charge in [-0.25, -0.2) is 0 Å². The highest BCUT2D eigenvalue weighted by molar-refractivity contribution is 5.95. The molecule has 1 aromatic carbocycles. The summed E-state index contributed by atoms with van der Waals surface area (Å²) >= 11 is 0. The Hall–Kier alpha value is -2.11. The predicted octanol–water partition coefficient (Wildman–Crippen LogP) is 2.30. The third-order valence-corrected chi connectivity index (χ3v) is 2.73. The first kappa shape index (κ1) is 14.9. The second-order valence-electron chi connectivity index (χ2n) is 4.77. The zero-order chi connectivity index (χ0) is 14.6. The standard InChI is InChI=1S/C13H19N3O3/c1-4-15(8-9(2)3)13(17)10-5-6-12(16(18)19)11(14)7-10/h5-7,9H,4,8,14H2,1-3H3. The molecule has 19 heavy (non-hydrogen) atoms. The van der Waals surface area contributed by atoms with E-state index in [2.05, 4.69) is 0 Å². The number of carbonyl (C=O) groups is 1. The summed E-state index contributed by atoms with van der Waals surface area (Å²) in [6.07, 6.45) is 0. The van der Waals surface area contributed by atoms with Crippen LogP contribution in [0.3, 0.4) is 0 Å². The molecule has 1 rings (SSSR count). The molecular formula is C13H19N3O3. The molecule has 6 nitrogen and oxygen atoms in total. The van der Waals surface area contributed by atoms with Gasteiger partial charge >= 0.3 is 0 Å². The quantitative estimate of drug-likeness (QED) is 0.502. The van der Waals surface area contributed by atoms with E-state index >= 15 is 0 Å². The number of hydrogen-bond acceptors (Lipinski definition) is 4. The Bertz CT molecular complexity index is 486. The van der Waals surface area contributed by atoms with Gasteiger partial charge in [0, 0.05) is 24.7 Å². The van der Waals surface area contributed by atoms with Crippen molar-refractivity contribution in [3.8, 4) is 0 Å². The number of benzene rings is 1. The van der Waals surface area contributed by atoms with E-state index in [1.807, 2.05) is 20.8 Å². The Balaban J connectivity index is 2.99. The normalized spacial score (nSPS) is 10.5. The van der Waals surface area contributed by atoms with Crippen molar-refractivity contribution in [3.05, 3.63) is 33.9 Å². The zero-order valence-corrected chi connectivity index (χ0v) is 11.4. The van der Waals surface area contributed by atoms with Crippen LogP contribution in [0.4, 0.5) is 11.4 Å². The first-order valence-electron chi connectivity index (χ1n) is 6.20. The van der Waals surface area contributed by atoms with Gasteiger partial charge in [0.25, 0.3) is 11.6 Å². The summed E-state index contributed by atoms with van der Waals surface area (Å²) in [7, 11) is 0. The smallest absolute Gasteiger partial charge is 0.292 e. The Morgan fingerprint density at radius 3 is 2.53 bits per heavy atom. The minimum Gasteiger partial charge on any atom is -0.393 e. The van der Waals surface area contributed by atoms with Gasteiger partial charge in [-0.2, -0.15) is 0 Å². The second-order valence-corrected chi connectivity index (χ2v) is 4.77. The molecule has 0 aliphatic heterocycles. The van der Waals surface area contributed by atoms with E-state index in [9.17, 15) is 14.9 Å². The fraction of sp³-hybridized carbons (Fsp3) is 0.462. The average molecular weight is 265 g/mol. The highest BCUT2D eigenvalue weighted by Gasteiger charge is 2.18. The summed E-state index contributed by atoms with van der Waals surface area (Å²) in [5, 5.41) is 10.7. The average Bonchev–Trinajstić information content (AvgIpc) is 2.34. The second kappa shape index (κ2) is 6.17. The van der Waals surface area contributed by atoms with Gasteiger partial charge in [-0.05, 0) is 25.0 Å². The number of rotatable bonds is 5. The Morgan fingerprint density at radius 1 is 1.47 bits per heavy atom. The van der Waals surface area contributed by atoms with Crippen LogP contribution in [0.15, 0.2) is 18.2 Å².